The van der Waals surface area contributed by atoms with E-state index in [1.165, 1.54) is 17.7 Å². The van der Waals surface area contributed by atoms with Crippen LogP contribution in [0.15, 0.2) is 12.5 Å². The average molecular weight is 244 g/mol. The van der Waals surface area contributed by atoms with Gasteiger partial charge in [-0.1, -0.05) is 34.6 Å². The van der Waals surface area contributed by atoms with Gasteiger partial charge in [-0.3, -0.25) is 0 Å². The van der Waals surface area contributed by atoms with Gasteiger partial charge < -0.3 is 0 Å². The van der Waals surface area contributed by atoms with Gasteiger partial charge in [-0.05, 0) is 41.1 Å². The topological polar surface area (TPSA) is 25.8 Å². The van der Waals surface area contributed by atoms with Crippen molar-refractivity contribution < 1.29 is 0 Å². The Morgan fingerprint density at radius 2 is 1.89 bits per heavy atom. The predicted molar refractivity (Wildman–Crippen MR) is 73.3 cm³/mol. The summed E-state index contributed by atoms with van der Waals surface area (Å²) in [6.07, 6.45) is 6.22. The van der Waals surface area contributed by atoms with Gasteiger partial charge in [-0.15, -0.1) is 0 Å². The van der Waals surface area contributed by atoms with Crippen LogP contribution in [-0.2, 0) is 6.42 Å². The Bertz CT molecular complexity index is 476. The van der Waals surface area contributed by atoms with Crippen molar-refractivity contribution in [1.82, 2.24) is 9.97 Å². The van der Waals surface area contributed by atoms with Gasteiger partial charge in [-0.25, -0.2) is 9.97 Å². The summed E-state index contributed by atoms with van der Waals surface area (Å²) in [5.74, 6) is 2.10. The summed E-state index contributed by atoms with van der Waals surface area (Å²) < 4.78 is 0. The zero-order valence-electron chi connectivity index (χ0n) is 12.2. The minimum absolute atomic E-state index is 0.331. The first-order valence-corrected chi connectivity index (χ1v) is 7.15. The Kier molecular flexibility index (Phi) is 2.39. The number of nitrogens with zero attached hydrogens (tertiary/aromatic N) is 2. The van der Waals surface area contributed by atoms with Crippen LogP contribution in [0.3, 0.4) is 0 Å². The molecule has 1 aromatic rings. The largest absolute Gasteiger partial charge is 0.245 e. The molecule has 0 aromatic carbocycles. The zero-order valence-corrected chi connectivity index (χ0v) is 12.2. The molecule has 2 aliphatic rings. The lowest BCUT2D eigenvalue weighted by atomic mass is 9.68. The van der Waals surface area contributed by atoms with E-state index in [4.69, 9.17) is 0 Å². The molecule has 0 bridgehead atoms. The fraction of sp³-hybridized carbons (Fsp3) is 0.750. The Hall–Kier alpha value is -0.920. The van der Waals surface area contributed by atoms with Crippen molar-refractivity contribution >= 4 is 0 Å². The molecule has 0 spiro atoms. The van der Waals surface area contributed by atoms with Crippen LogP contribution in [0.2, 0.25) is 0 Å². The van der Waals surface area contributed by atoms with Crippen LogP contribution in [-0.4, -0.2) is 9.97 Å². The number of aryl methyl sites for hydroxylation is 1. The van der Waals surface area contributed by atoms with Crippen molar-refractivity contribution in [2.24, 2.45) is 22.7 Å². The number of hydrogen-bond acceptors (Lipinski definition) is 2. The fourth-order valence-electron chi connectivity index (χ4n) is 4.73. The molecule has 2 heteroatoms. The van der Waals surface area contributed by atoms with Crippen LogP contribution < -0.4 is 0 Å². The van der Waals surface area contributed by atoms with Gasteiger partial charge in [-0.2, -0.15) is 0 Å². The lowest BCUT2D eigenvalue weighted by Crippen LogP contribution is -2.29. The molecule has 0 saturated heterocycles. The maximum atomic E-state index is 4.65. The van der Waals surface area contributed by atoms with Crippen LogP contribution in [0.5, 0.6) is 0 Å². The first-order valence-electron chi connectivity index (χ1n) is 7.15. The molecule has 0 radical (unpaired) electrons. The molecule has 0 N–H and O–H groups in total. The molecule has 1 aromatic heterocycles. The molecular weight excluding hydrogens is 220 g/mol. The van der Waals surface area contributed by atoms with Crippen molar-refractivity contribution in [3.8, 4) is 0 Å². The SMILES string of the molecule is CC1C(C)(C)C2CCc3cncnc3C2C1(C)C. The second-order valence-corrected chi connectivity index (χ2v) is 7.42. The maximum absolute atomic E-state index is 4.65. The molecule has 1 heterocycles. The quantitative estimate of drug-likeness (QED) is 0.693. The highest BCUT2D eigenvalue weighted by Crippen LogP contribution is 2.66. The minimum Gasteiger partial charge on any atom is -0.245 e. The molecule has 1 fully saturated rings. The van der Waals surface area contributed by atoms with Gasteiger partial charge in [0.1, 0.15) is 6.33 Å². The standard InChI is InChI=1S/C16H24N2/c1-10-15(2,3)12-7-6-11-8-17-9-18-14(11)13(12)16(10,4)5/h8-10,12-13H,6-7H2,1-5H3. The number of fused-ring (bicyclic) bond motifs is 3. The van der Waals surface area contributed by atoms with E-state index < -0.39 is 0 Å². The molecule has 3 unspecified atom stereocenters. The molecule has 2 aliphatic carbocycles. The predicted octanol–water partition coefficient (Wildman–Crippen LogP) is 3.82. The van der Waals surface area contributed by atoms with Crippen LogP contribution >= 0.6 is 0 Å². The Morgan fingerprint density at radius 3 is 2.61 bits per heavy atom. The van der Waals surface area contributed by atoms with E-state index in [2.05, 4.69) is 44.6 Å². The van der Waals surface area contributed by atoms with E-state index in [9.17, 15) is 0 Å². The van der Waals surface area contributed by atoms with E-state index >= 15 is 0 Å². The zero-order chi connectivity index (χ0) is 13.1. The van der Waals surface area contributed by atoms with Crippen molar-refractivity contribution in [2.45, 2.75) is 53.4 Å². The van der Waals surface area contributed by atoms with Crippen molar-refractivity contribution in [1.29, 1.82) is 0 Å². The second-order valence-electron chi connectivity index (χ2n) is 7.42. The maximum Gasteiger partial charge on any atom is 0.115 e. The molecule has 3 rings (SSSR count). The lowest BCUT2D eigenvalue weighted by Gasteiger charge is -2.37. The Morgan fingerprint density at radius 1 is 1.17 bits per heavy atom. The van der Waals surface area contributed by atoms with E-state index in [-0.39, 0.29) is 0 Å². The van der Waals surface area contributed by atoms with E-state index in [0.29, 0.717) is 16.7 Å². The third kappa shape index (κ3) is 1.35. The third-order valence-electron chi connectivity index (χ3n) is 6.23. The summed E-state index contributed by atoms with van der Waals surface area (Å²) >= 11 is 0. The summed E-state index contributed by atoms with van der Waals surface area (Å²) in [5.41, 5.74) is 3.47. The van der Waals surface area contributed by atoms with E-state index in [1.807, 2.05) is 6.20 Å². The second kappa shape index (κ2) is 3.55. The van der Waals surface area contributed by atoms with Gasteiger partial charge in [0.15, 0.2) is 0 Å². The van der Waals surface area contributed by atoms with Gasteiger partial charge >= 0.3 is 0 Å². The van der Waals surface area contributed by atoms with Crippen LogP contribution in [0.25, 0.3) is 0 Å². The highest BCUT2D eigenvalue weighted by molar-refractivity contribution is 5.30. The molecule has 2 nitrogen and oxygen atoms in total. The first kappa shape index (κ1) is 12.1. The van der Waals surface area contributed by atoms with Gasteiger partial charge in [0.25, 0.3) is 0 Å². The molecule has 98 valence electrons. The minimum atomic E-state index is 0.331. The lowest BCUT2D eigenvalue weighted by molar-refractivity contribution is 0.150. The first-order chi connectivity index (χ1) is 8.37. The highest BCUT2D eigenvalue weighted by Gasteiger charge is 2.59. The summed E-state index contributed by atoms with van der Waals surface area (Å²) in [4.78, 5) is 8.85. The van der Waals surface area contributed by atoms with Crippen LogP contribution in [0, 0.1) is 22.7 Å². The molecule has 3 atom stereocenters. The van der Waals surface area contributed by atoms with E-state index in [0.717, 1.165) is 18.3 Å². The summed E-state index contributed by atoms with van der Waals surface area (Å²) in [7, 11) is 0. The van der Waals surface area contributed by atoms with Crippen molar-refractivity contribution in [3.05, 3.63) is 23.8 Å². The summed E-state index contributed by atoms with van der Waals surface area (Å²) in [5, 5.41) is 0. The molecular formula is C16H24N2. The highest BCUT2D eigenvalue weighted by atomic mass is 14.9. The number of hydrogen-bond donors (Lipinski definition) is 0. The molecule has 1 saturated carbocycles. The van der Waals surface area contributed by atoms with Crippen LogP contribution in [0.4, 0.5) is 0 Å². The molecule has 0 aliphatic heterocycles. The van der Waals surface area contributed by atoms with Gasteiger partial charge in [0, 0.05) is 12.1 Å². The summed E-state index contributed by atoms with van der Waals surface area (Å²) in [6.45, 7) is 12.2. The Balaban J connectivity index is 2.16. The Labute approximate surface area is 110 Å². The van der Waals surface area contributed by atoms with Crippen LogP contribution in [0.1, 0.15) is 58.2 Å². The van der Waals surface area contributed by atoms with E-state index in [1.54, 1.807) is 6.33 Å². The fourth-order valence-corrected chi connectivity index (χ4v) is 4.73. The van der Waals surface area contributed by atoms with Crippen molar-refractivity contribution in [2.75, 3.05) is 0 Å². The molecule has 18 heavy (non-hydrogen) atoms. The van der Waals surface area contributed by atoms with Crippen molar-refractivity contribution in [3.63, 3.8) is 0 Å². The normalized spacial score (nSPS) is 35.9. The summed E-state index contributed by atoms with van der Waals surface area (Å²) in [6, 6.07) is 0. The number of aromatic nitrogens is 2. The van der Waals surface area contributed by atoms with Gasteiger partial charge in [0.05, 0.1) is 5.69 Å². The molecule has 0 amide bonds. The smallest absolute Gasteiger partial charge is 0.115 e. The third-order valence-corrected chi connectivity index (χ3v) is 6.23. The monoisotopic (exact) mass is 244 g/mol. The number of rotatable bonds is 0. The van der Waals surface area contributed by atoms with Gasteiger partial charge in [0.2, 0.25) is 0 Å². The average Bonchev–Trinajstić information content (AvgIpc) is 2.48.